The highest BCUT2D eigenvalue weighted by atomic mass is 127. The van der Waals surface area contributed by atoms with Crippen molar-refractivity contribution in [1.29, 1.82) is 0 Å². The molecule has 4 rings (SSSR count). The lowest BCUT2D eigenvalue weighted by Gasteiger charge is -2.37. The summed E-state index contributed by atoms with van der Waals surface area (Å²) in [6, 6.07) is 15.1. The number of nitrogens with zero attached hydrogens (tertiary/aromatic N) is 5. The summed E-state index contributed by atoms with van der Waals surface area (Å²) in [6.45, 7) is 6.91. The Morgan fingerprint density at radius 1 is 0.967 bits per heavy atom. The van der Waals surface area contributed by atoms with Crippen molar-refractivity contribution in [2.45, 2.75) is 6.54 Å². The molecule has 0 atom stereocenters. The average molecular weight is 539 g/mol. The topological polar surface area (TPSA) is 47.0 Å². The fourth-order valence-corrected chi connectivity index (χ4v) is 4.75. The fourth-order valence-electron chi connectivity index (χ4n) is 3.85. The number of guanidine groups is 1. The summed E-state index contributed by atoms with van der Waals surface area (Å²) in [4.78, 5) is 16.1. The molecule has 0 unspecified atom stereocenters. The van der Waals surface area contributed by atoms with Crippen molar-refractivity contribution >= 4 is 53.2 Å². The molecule has 0 spiro atoms. The number of hydrogen-bond acceptors (Lipinski definition) is 5. The van der Waals surface area contributed by atoms with Crippen LogP contribution in [0.2, 0.25) is 0 Å². The summed E-state index contributed by atoms with van der Waals surface area (Å²) in [5.74, 6) is 4.49. The smallest absolute Gasteiger partial charge is 0.194 e. The highest BCUT2D eigenvalue weighted by Gasteiger charge is 2.20. The van der Waals surface area contributed by atoms with Crippen LogP contribution in [0, 0.1) is 0 Å². The lowest BCUT2D eigenvalue weighted by atomic mass is 10.2. The van der Waals surface area contributed by atoms with Gasteiger partial charge in [0.15, 0.2) is 5.96 Å². The second-order valence-corrected chi connectivity index (χ2v) is 8.55. The van der Waals surface area contributed by atoms with Crippen LogP contribution in [0.15, 0.2) is 53.7 Å². The number of benzene rings is 1. The van der Waals surface area contributed by atoms with Gasteiger partial charge in [0.2, 0.25) is 0 Å². The molecule has 0 amide bonds. The lowest BCUT2D eigenvalue weighted by Crippen LogP contribution is -2.52. The first-order valence-corrected chi connectivity index (χ1v) is 11.5. The number of rotatable bonds is 4. The van der Waals surface area contributed by atoms with E-state index in [4.69, 9.17) is 0 Å². The number of pyridine rings is 1. The molecule has 0 bridgehead atoms. The van der Waals surface area contributed by atoms with Crippen LogP contribution in [-0.2, 0) is 6.54 Å². The Hall–Kier alpha value is -1.68. The van der Waals surface area contributed by atoms with Crippen molar-refractivity contribution in [3.63, 3.8) is 0 Å². The first kappa shape index (κ1) is 23.0. The van der Waals surface area contributed by atoms with E-state index in [0.29, 0.717) is 0 Å². The van der Waals surface area contributed by atoms with E-state index in [1.165, 1.54) is 22.8 Å². The van der Waals surface area contributed by atoms with Crippen molar-refractivity contribution in [3.8, 4) is 0 Å². The second-order valence-electron chi connectivity index (χ2n) is 7.33. The molecule has 2 fully saturated rings. The minimum atomic E-state index is 0. The predicted octanol–water partition coefficient (Wildman–Crippen LogP) is 3.15. The molecule has 0 saturated carbocycles. The largest absolute Gasteiger partial charge is 0.370 e. The molecule has 0 radical (unpaired) electrons. The predicted molar refractivity (Wildman–Crippen MR) is 140 cm³/mol. The number of aromatic nitrogens is 1. The maximum absolute atomic E-state index is 4.50. The van der Waals surface area contributed by atoms with Crippen molar-refractivity contribution in [1.82, 2.24) is 15.2 Å². The highest BCUT2D eigenvalue weighted by Crippen LogP contribution is 2.20. The van der Waals surface area contributed by atoms with Gasteiger partial charge in [0.05, 0.1) is 0 Å². The van der Waals surface area contributed by atoms with Crippen molar-refractivity contribution in [3.05, 3.63) is 54.2 Å². The summed E-state index contributed by atoms with van der Waals surface area (Å²) in [5.41, 5.74) is 2.62. The van der Waals surface area contributed by atoms with E-state index >= 15 is 0 Å². The molecule has 1 aromatic heterocycles. The van der Waals surface area contributed by atoms with E-state index in [1.807, 2.05) is 37.1 Å². The van der Waals surface area contributed by atoms with Gasteiger partial charge >= 0.3 is 0 Å². The van der Waals surface area contributed by atoms with Crippen LogP contribution in [0.1, 0.15) is 5.56 Å². The van der Waals surface area contributed by atoms with E-state index in [9.17, 15) is 0 Å². The molecule has 2 aliphatic rings. The average Bonchev–Trinajstić information content (AvgIpc) is 2.81. The Morgan fingerprint density at radius 2 is 1.70 bits per heavy atom. The molecule has 1 N–H and O–H groups in total. The molecule has 30 heavy (non-hydrogen) atoms. The number of halogens is 1. The molecule has 2 saturated heterocycles. The van der Waals surface area contributed by atoms with Gasteiger partial charge in [0.25, 0.3) is 0 Å². The van der Waals surface area contributed by atoms with Gasteiger partial charge in [-0.05, 0) is 29.8 Å². The molecule has 3 heterocycles. The zero-order valence-corrected chi connectivity index (χ0v) is 20.7. The molecule has 2 aliphatic heterocycles. The first-order chi connectivity index (χ1) is 14.3. The van der Waals surface area contributed by atoms with E-state index in [-0.39, 0.29) is 24.0 Å². The normalized spacial score (nSPS) is 17.5. The summed E-state index contributed by atoms with van der Waals surface area (Å²) < 4.78 is 0. The van der Waals surface area contributed by atoms with Gasteiger partial charge in [-0.3, -0.25) is 4.99 Å². The quantitative estimate of drug-likeness (QED) is 0.367. The van der Waals surface area contributed by atoms with Gasteiger partial charge in [-0.1, -0.05) is 18.2 Å². The van der Waals surface area contributed by atoms with Gasteiger partial charge in [0.1, 0.15) is 5.82 Å². The maximum Gasteiger partial charge on any atom is 0.194 e. The third-order valence-electron chi connectivity index (χ3n) is 5.53. The van der Waals surface area contributed by atoms with E-state index in [0.717, 1.165) is 57.6 Å². The zero-order valence-electron chi connectivity index (χ0n) is 17.5. The molecular formula is C22H31IN6S. The Kier molecular flexibility index (Phi) is 8.92. The number of thioether (sulfide) groups is 1. The summed E-state index contributed by atoms with van der Waals surface area (Å²) in [6.07, 6.45) is 1.86. The van der Waals surface area contributed by atoms with Gasteiger partial charge in [-0.2, -0.15) is 11.8 Å². The molecule has 2 aromatic rings. The second kappa shape index (κ2) is 11.6. The van der Waals surface area contributed by atoms with E-state index < -0.39 is 0 Å². The Morgan fingerprint density at radius 3 is 2.33 bits per heavy atom. The number of piperazine rings is 1. The number of nitrogens with one attached hydrogen (secondary N) is 1. The summed E-state index contributed by atoms with van der Waals surface area (Å²) >= 11 is 2.05. The van der Waals surface area contributed by atoms with Crippen LogP contribution in [0.4, 0.5) is 11.5 Å². The molecule has 1 aromatic carbocycles. The molecular weight excluding hydrogens is 507 g/mol. The van der Waals surface area contributed by atoms with Crippen LogP contribution < -0.4 is 15.1 Å². The molecule has 8 heteroatoms. The first-order valence-electron chi connectivity index (χ1n) is 10.4. The summed E-state index contributed by atoms with van der Waals surface area (Å²) in [5, 5.41) is 3.53. The van der Waals surface area contributed by atoms with Crippen LogP contribution in [0.25, 0.3) is 0 Å². The van der Waals surface area contributed by atoms with Crippen LogP contribution in [0.3, 0.4) is 0 Å². The Balaban J connectivity index is 0.00000256. The van der Waals surface area contributed by atoms with Crippen LogP contribution in [-0.4, -0.2) is 73.7 Å². The number of aliphatic imine (C=N–C) groups is 1. The van der Waals surface area contributed by atoms with E-state index in [2.05, 4.69) is 60.3 Å². The fraction of sp³-hybridized carbons (Fsp3) is 0.455. The highest BCUT2D eigenvalue weighted by molar-refractivity contribution is 14.0. The Bertz CT molecular complexity index is 787. The molecule has 6 nitrogen and oxygen atoms in total. The monoisotopic (exact) mass is 538 g/mol. The van der Waals surface area contributed by atoms with Gasteiger partial charge < -0.3 is 20.0 Å². The third-order valence-corrected chi connectivity index (χ3v) is 6.47. The number of anilines is 2. The zero-order chi connectivity index (χ0) is 19.9. The lowest BCUT2D eigenvalue weighted by molar-refractivity contribution is 0.371. The van der Waals surface area contributed by atoms with Crippen LogP contribution in [0.5, 0.6) is 0 Å². The van der Waals surface area contributed by atoms with Crippen molar-refractivity contribution in [2.75, 3.05) is 67.6 Å². The summed E-state index contributed by atoms with van der Waals surface area (Å²) in [7, 11) is 1.87. The molecule has 0 aliphatic carbocycles. The van der Waals surface area contributed by atoms with E-state index in [1.54, 1.807) is 0 Å². The Labute approximate surface area is 201 Å². The van der Waals surface area contributed by atoms with Gasteiger partial charge in [-0.25, -0.2) is 4.98 Å². The standard InChI is InChI=1S/C22H30N6S.HI/c1-23-22(28-12-10-27(11-13-28)21-4-2-3-9-24-21)25-18-19-5-7-20(8-6-19)26-14-16-29-17-15-26;/h2-9H,10-18H2,1H3,(H,23,25);1H. The van der Waals surface area contributed by atoms with Gasteiger partial charge in [-0.15, -0.1) is 24.0 Å². The van der Waals surface area contributed by atoms with Crippen LogP contribution >= 0.6 is 35.7 Å². The molecule has 162 valence electrons. The maximum atomic E-state index is 4.50. The van der Waals surface area contributed by atoms with Gasteiger partial charge in [0, 0.05) is 76.3 Å². The minimum absolute atomic E-state index is 0. The van der Waals surface area contributed by atoms with Crippen molar-refractivity contribution in [2.24, 2.45) is 4.99 Å². The SMILES string of the molecule is CN=C(NCc1ccc(N2CCSCC2)cc1)N1CCN(c2ccccn2)CC1.I. The minimum Gasteiger partial charge on any atom is -0.370 e. The number of hydrogen-bond donors (Lipinski definition) is 1. The van der Waals surface area contributed by atoms with Crippen molar-refractivity contribution < 1.29 is 0 Å². The third kappa shape index (κ3) is 5.94.